The predicted molar refractivity (Wildman–Crippen MR) is 309 cm³/mol. The Hall–Kier alpha value is -7.93. The van der Waals surface area contributed by atoms with Crippen molar-refractivity contribution in [1.29, 1.82) is 0 Å². The number of phenolic OH excluding ortho intramolecular Hbond substituents is 1. The Bertz CT molecular complexity index is 3430. The van der Waals surface area contributed by atoms with E-state index in [2.05, 4.69) is 10.6 Å². The van der Waals surface area contributed by atoms with Crippen LogP contribution in [0.3, 0.4) is 0 Å². The molecule has 17 heteroatoms. The number of aliphatic hydroxyl groups is 4. The maximum Gasteiger partial charge on any atom is 0.407 e. The number of ether oxygens (including phenoxy) is 2. The number of unbranched alkanes of at least 4 members (excludes halogenated alkanes) is 5. The molecule has 5 atom stereocenters. The second-order valence-electron chi connectivity index (χ2n) is 21.9. The van der Waals surface area contributed by atoms with E-state index >= 15 is 4.79 Å². The van der Waals surface area contributed by atoms with Crippen molar-refractivity contribution < 1.29 is 49.4 Å². The van der Waals surface area contributed by atoms with Gasteiger partial charge in [-0.2, -0.15) is 0 Å². The van der Waals surface area contributed by atoms with E-state index in [0.29, 0.717) is 42.8 Å². The zero-order chi connectivity index (χ0) is 57.3. The van der Waals surface area contributed by atoms with Crippen LogP contribution in [-0.4, -0.2) is 100 Å². The number of hydrogen-bond acceptors (Lipinski definition) is 13. The third kappa shape index (κ3) is 12.6. The van der Waals surface area contributed by atoms with E-state index in [1.807, 2.05) is 115 Å². The summed E-state index contributed by atoms with van der Waals surface area (Å²) in [5, 5.41) is 63.2. The van der Waals surface area contributed by atoms with E-state index < -0.39 is 42.0 Å². The molecule has 3 aliphatic rings. The second-order valence-corrected chi connectivity index (χ2v) is 21.9. The minimum absolute atomic E-state index is 0.0547. The summed E-state index contributed by atoms with van der Waals surface area (Å²) in [4.78, 5) is 62.3. The van der Waals surface area contributed by atoms with Gasteiger partial charge in [0.05, 0.1) is 47.7 Å². The number of esters is 1. The summed E-state index contributed by atoms with van der Waals surface area (Å²) < 4.78 is 12.4. The lowest BCUT2D eigenvalue weighted by molar-refractivity contribution is -0.172. The average Bonchev–Trinajstić information content (AvgIpc) is 3.48. The van der Waals surface area contributed by atoms with Gasteiger partial charge >= 0.3 is 18.1 Å². The van der Waals surface area contributed by atoms with Crippen LogP contribution in [0.2, 0.25) is 0 Å². The van der Waals surface area contributed by atoms with E-state index in [9.17, 15) is 39.9 Å². The van der Waals surface area contributed by atoms with Crippen molar-refractivity contribution in [2.45, 2.75) is 141 Å². The van der Waals surface area contributed by atoms with Gasteiger partial charge in [0.2, 0.25) is 0 Å². The molecule has 0 radical (unpaired) electrons. The maximum atomic E-state index is 15.1. The molecule has 17 nitrogen and oxygen atoms in total. The minimum Gasteiger partial charge on any atom is -0.508 e. The zero-order valence-corrected chi connectivity index (χ0v) is 46.2. The molecule has 82 heavy (non-hydrogen) atoms. The number of nitrogens with zero attached hydrogens (tertiary/aromatic N) is 4. The molecule has 0 saturated carbocycles. The fourth-order valence-electron chi connectivity index (χ4n) is 11.7. The molecule has 7 aromatic rings. The van der Waals surface area contributed by atoms with Gasteiger partial charge in [-0.15, -0.1) is 0 Å². The van der Waals surface area contributed by atoms with Gasteiger partial charge in [-0.25, -0.2) is 19.4 Å². The molecule has 0 bridgehead atoms. The van der Waals surface area contributed by atoms with E-state index in [1.54, 1.807) is 39.5 Å². The number of aliphatic hydroxyl groups excluding tert-OH is 3. The molecule has 3 aliphatic heterocycles. The number of aromatic hydroxyl groups is 1. The van der Waals surface area contributed by atoms with Crippen LogP contribution < -0.4 is 16.2 Å². The third-order valence-electron chi connectivity index (χ3n) is 16.4. The van der Waals surface area contributed by atoms with Crippen LogP contribution in [0, 0.1) is 0 Å². The van der Waals surface area contributed by atoms with Gasteiger partial charge in [-0.1, -0.05) is 142 Å². The molecule has 2 aromatic heterocycles. The molecular formula is C65H72N6O11. The molecule has 5 heterocycles. The van der Waals surface area contributed by atoms with Crippen molar-refractivity contribution in [1.82, 2.24) is 30.0 Å². The van der Waals surface area contributed by atoms with Crippen molar-refractivity contribution in [3.63, 3.8) is 0 Å². The topological polar surface area (TPSA) is 236 Å². The monoisotopic (exact) mass is 1110 g/mol. The van der Waals surface area contributed by atoms with Crippen LogP contribution in [0.4, 0.5) is 9.59 Å². The Morgan fingerprint density at radius 1 is 0.720 bits per heavy atom. The van der Waals surface area contributed by atoms with Gasteiger partial charge in [0.15, 0.2) is 5.60 Å². The lowest BCUT2D eigenvalue weighted by atomic mass is 9.86. The number of amides is 3. The lowest BCUT2D eigenvalue weighted by Gasteiger charge is -2.36. The molecule has 10 rings (SSSR count). The summed E-state index contributed by atoms with van der Waals surface area (Å²) in [5.74, 6) is -0.614. The highest BCUT2D eigenvalue weighted by Gasteiger charge is 2.47. The smallest absolute Gasteiger partial charge is 0.407 e. The van der Waals surface area contributed by atoms with Crippen molar-refractivity contribution in [2.24, 2.45) is 0 Å². The molecule has 3 amide bonds. The summed E-state index contributed by atoms with van der Waals surface area (Å²) in [7, 11) is 0. The van der Waals surface area contributed by atoms with Gasteiger partial charge in [0, 0.05) is 48.3 Å². The van der Waals surface area contributed by atoms with Crippen LogP contribution in [0.15, 0.2) is 138 Å². The summed E-state index contributed by atoms with van der Waals surface area (Å²) >= 11 is 0. The second kappa shape index (κ2) is 25.9. The molecule has 3 unspecified atom stereocenters. The highest BCUT2D eigenvalue weighted by atomic mass is 16.6. The number of hydrogen-bond donors (Lipinski definition) is 7. The maximum absolute atomic E-state index is 15.1. The number of carbonyl (C=O) groups is 3. The van der Waals surface area contributed by atoms with Crippen molar-refractivity contribution in [3.8, 4) is 17.1 Å². The van der Waals surface area contributed by atoms with E-state index in [0.717, 1.165) is 95.0 Å². The van der Waals surface area contributed by atoms with Gasteiger partial charge in [0.25, 0.3) is 5.56 Å². The molecule has 1 fully saturated rings. The van der Waals surface area contributed by atoms with E-state index in [1.165, 1.54) is 0 Å². The Morgan fingerprint density at radius 3 is 1.89 bits per heavy atom. The first-order valence-corrected chi connectivity index (χ1v) is 28.5. The number of benzene rings is 5. The summed E-state index contributed by atoms with van der Waals surface area (Å²) in [6.45, 7) is 3.68. The Labute approximate surface area is 476 Å². The van der Waals surface area contributed by atoms with Gasteiger partial charge in [-0.3, -0.25) is 4.79 Å². The number of pyridine rings is 2. The molecule has 0 spiro atoms. The minimum atomic E-state index is -1.90. The standard InChI is InChI=1S/C65H72N6O11/c1-2-65(80)52-34-54-58-48(38-69(54)61(76)51(52)41-81-62(65)77)33-49-50(57(73)28-27-53(49)68-58)35-66-29-13-5-3-4-6-14-30-67-63(78)82-40-47-25-21-45(22-26-47)37-71-56(32-43-17-11-8-12-18-43)60(75)59(74)55(31-42-15-9-7-10-16-42)70(64(71)79)36-44-19-23-46(39-72)24-20-44/h7-12,15-28,33-34,55-56,59-60,66,72-75,80H,2-6,13-14,29-32,35-41H2,1H3,(H,67,78)/t55?,56?,59-,60?,65-/m0/s1. The van der Waals surface area contributed by atoms with Crippen LogP contribution in [0.5, 0.6) is 5.75 Å². The van der Waals surface area contributed by atoms with Crippen LogP contribution in [0.25, 0.3) is 22.3 Å². The van der Waals surface area contributed by atoms with Crippen molar-refractivity contribution >= 4 is 29.0 Å². The van der Waals surface area contributed by atoms with Crippen molar-refractivity contribution in [2.75, 3.05) is 13.1 Å². The largest absolute Gasteiger partial charge is 0.508 e. The molecule has 1 saturated heterocycles. The number of rotatable bonds is 23. The fraction of sp³-hybridized carbons (Fsp3) is 0.369. The first-order chi connectivity index (χ1) is 39.8. The van der Waals surface area contributed by atoms with Crippen LogP contribution in [0.1, 0.15) is 108 Å². The molecular weight excluding hydrogens is 1040 g/mol. The van der Waals surface area contributed by atoms with Crippen LogP contribution >= 0.6 is 0 Å². The van der Waals surface area contributed by atoms with Gasteiger partial charge < -0.3 is 60.0 Å². The Balaban J connectivity index is 0.670. The highest BCUT2D eigenvalue weighted by Crippen LogP contribution is 2.40. The number of nitrogens with one attached hydrogen (secondary N) is 2. The highest BCUT2D eigenvalue weighted by molar-refractivity contribution is 5.89. The molecule has 5 aromatic carbocycles. The van der Waals surface area contributed by atoms with E-state index in [4.69, 9.17) is 14.5 Å². The number of fused-ring (bicyclic) bond motifs is 5. The quantitative estimate of drug-likeness (QED) is 0.0238. The Kier molecular flexibility index (Phi) is 18.1. The lowest BCUT2D eigenvalue weighted by Crippen LogP contribution is -2.50. The summed E-state index contributed by atoms with van der Waals surface area (Å²) in [6, 6.07) is 39.4. The Morgan fingerprint density at radius 2 is 1.29 bits per heavy atom. The van der Waals surface area contributed by atoms with E-state index in [-0.39, 0.29) is 74.3 Å². The van der Waals surface area contributed by atoms with Crippen LogP contribution in [-0.2, 0) is 78.7 Å². The predicted octanol–water partition coefficient (Wildman–Crippen LogP) is 8.02. The fourth-order valence-corrected chi connectivity index (χ4v) is 11.7. The summed E-state index contributed by atoms with van der Waals surface area (Å²) in [5.41, 5.74) is 6.60. The first kappa shape index (κ1) is 57.3. The average molecular weight is 1110 g/mol. The van der Waals surface area contributed by atoms with Gasteiger partial charge in [0.1, 0.15) is 31.2 Å². The SMILES string of the molecule is CC[C@@]1(O)C(=O)OCc2c1cc1n(c2=O)Cc2cc3c(CNCCCCCCCCNC(=O)OCc4ccc(CN5C(=O)N(Cc6ccc(CO)cc6)C(Cc6ccccc6)[C@H](O)C(O)C5Cc5ccccc5)cc4)c(O)ccc3nc2-1. The normalized spacial score (nSPS) is 19.3. The number of phenols is 1. The number of cyclic esters (lactones) is 1. The number of carbonyl (C=O) groups excluding carboxylic acids is 3. The zero-order valence-electron chi connectivity index (χ0n) is 46.2. The number of alkyl carbamates (subject to hydrolysis) is 1. The molecule has 7 N–H and O–H groups in total. The summed E-state index contributed by atoms with van der Waals surface area (Å²) in [6.07, 6.45) is 3.41. The molecule has 0 aliphatic carbocycles. The van der Waals surface area contributed by atoms with Gasteiger partial charge in [-0.05, 0) is 96.3 Å². The van der Waals surface area contributed by atoms with Crippen molar-refractivity contribution in [3.05, 3.63) is 199 Å². The number of aromatic nitrogens is 2. The first-order valence-electron chi connectivity index (χ1n) is 28.5. The third-order valence-corrected chi connectivity index (χ3v) is 16.4. The number of urea groups is 1. The molecule has 428 valence electrons.